The molecule has 0 amide bonds. The molecule has 1 aromatic carbocycles. The van der Waals surface area contributed by atoms with Gasteiger partial charge in [-0.25, -0.2) is 0 Å². The first-order chi connectivity index (χ1) is 8.65. The summed E-state index contributed by atoms with van der Waals surface area (Å²) in [4.78, 5) is 11.8. The predicted molar refractivity (Wildman–Crippen MR) is 72.5 cm³/mol. The molecule has 1 aliphatic rings. The van der Waals surface area contributed by atoms with Crippen LogP contribution in [0.15, 0.2) is 30.5 Å². The molecule has 2 aromatic rings. The molecule has 0 spiro atoms. The first kappa shape index (κ1) is 11.5. The van der Waals surface area contributed by atoms with Crippen LogP contribution in [0.2, 0.25) is 0 Å². The van der Waals surface area contributed by atoms with Crippen molar-refractivity contribution in [1.82, 2.24) is 9.88 Å². The van der Waals surface area contributed by atoms with Crippen molar-refractivity contribution >= 4 is 16.7 Å². The van der Waals surface area contributed by atoms with E-state index in [1.54, 1.807) is 0 Å². The van der Waals surface area contributed by atoms with E-state index in [9.17, 15) is 4.79 Å². The Bertz CT molecular complexity index is 600. The van der Waals surface area contributed by atoms with E-state index in [1.165, 1.54) is 16.5 Å². The minimum Gasteiger partial charge on any atom is -0.350 e. The minimum absolute atomic E-state index is 0.160. The van der Waals surface area contributed by atoms with Crippen LogP contribution in [0.25, 0.3) is 10.9 Å². The van der Waals surface area contributed by atoms with E-state index < -0.39 is 0 Å². The van der Waals surface area contributed by atoms with Gasteiger partial charge in [0, 0.05) is 49.1 Å². The molecule has 1 N–H and O–H groups in total. The second-order valence-corrected chi connectivity index (χ2v) is 5.28. The van der Waals surface area contributed by atoms with Crippen LogP contribution in [0.5, 0.6) is 0 Å². The van der Waals surface area contributed by atoms with Crippen LogP contribution in [0.1, 0.15) is 31.4 Å². The standard InChI is InChI=1S/C15H18N2O/c1-10-7-11(18)8-14(16-10)13-9-17(2)15-6-4-3-5-12(13)15/h3-6,9-10,14,16H,7-8H2,1-2H3. The molecule has 3 rings (SSSR count). The molecule has 2 heterocycles. The Morgan fingerprint density at radius 1 is 1.28 bits per heavy atom. The quantitative estimate of drug-likeness (QED) is 0.834. The lowest BCUT2D eigenvalue weighted by Crippen LogP contribution is -2.38. The van der Waals surface area contributed by atoms with E-state index in [0.717, 1.165) is 0 Å². The summed E-state index contributed by atoms with van der Waals surface area (Å²) in [7, 11) is 2.06. The molecule has 2 unspecified atom stereocenters. The normalized spacial score (nSPS) is 24.7. The lowest BCUT2D eigenvalue weighted by molar-refractivity contribution is -0.121. The number of benzene rings is 1. The fourth-order valence-electron chi connectivity index (χ4n) is 2.96. The van der Waals surface area contributed by atoms with E-state index in [-0.39, 0.29) is 12.1 Å². The topological polar surface area (TPSA) is 34.0 Å². The zero-order valence-corrected chi connectivity index (χ0v) is 10.8. The second kappa shape index (κ2) is 4.25. The number of aromatic nitrogens is 1. The van der Waals surface area contributed by atoms with Crippen molar-refractivity contribution in [2.75, 3.05) is 0 Å². The van der Waals surface area contributed by atoms with Gasteiger partial charge in [0.05, 0.1) is 0 Å². The first-order valence-corrected chi connectivity index (χ1v) is 6.47. The van der Waals surface area contributed by atoms with Gasteiger partial charge in [-0.2, -0.15) is 0 Å². The van der Waals surface area contributed by atoms with Gasteiger partial charge in [-0.1, -0.05) is 18.2 Å². The number of aryl methyl sites for hydroxylation is 1. The number of piperidine rings is 1. The van der Waals surface area contributed by atoms with Crippen LogP contribution < -0.4 is 5.32 Å². The largest absolute Gasteiger partial charge is 0.350 e. The number of carbonyl (C=O) groups excluding carboxylic acids is 1. The lowest BCUT2D eigenvalue weighted by Gasteiger charge is -2.27. The third-order valence-corrected chi connectivity index (χ3v) is 3.75. The molecule has 1 aromatic heterocycles. The first-order valence-electron chi connectivity index (χ1n) is 6.47. The minimum atomic E-state index is 0.160. The van der Waals surface area contributed by atoms with Gasteiger partial charge in [0.1, 0.15) is 5.78 Å². The summed E-state index contributed by atoms with van der Waals surface area (Å²) < 4.78 is 2.14. The molecular formula is C15H18N2O. The van der Waals surface area contributed by atoms with Gasteiger partial charge in [0.2, 0.25) is 0 Å². The Morgan fingerprint density at radius 3 is 2.83 bits per heavy atom. The molecule has 3 nitrogen and oxygen atoms in total. The van der Waals surface area contributed by atoms with Crippen molar-refractivity contribution in [2.24, 2.45) is 7.05 Å². The molecule has 3 heteroatoms. The molecule has 1 fully saturated rings. The maximum absolute atomic E-state index is 11.8. The van der Waals surface area contributed by atoms with Crippen LogP contribution in [0.3, 0.4) is 0 Å². The Morgan fingerprint density at radius 2 is 2.06 bits per heavy atom. The number of rotatable bonds is 1. The highest BCUT2D eigenvalue weighted by Gasteiger charge is 2.26. The van der Waals surface area contributed by atoms with E-state index in [1.807, 2.05) is 6.07 Å². The summed E-state index contributed by atoms with van der Waals surface area (Å²) in [6.45, 7) is 2.08. The van der Waals surface area contributed by atoms with E-state index in [0.29, 0.717) is 18.6 Å². The molecule has 18 heavy (non-hydrogen) atoms. The van der Waals surface area contributed by atoms with Crippen LogP contribution in [0, 0.1) is 0 Å². The van der Waals surface area contributed by atoms with Crippen molar-refractivity contribution in [3.63, 3.8) is 0 Å². The Balaban J connectivity index is 2.06. The van der Waals surface area contributed by atoms with Gasteiger partial charge in [0.15, 0.2) is 0 Å². The van der Waals surface area contributed by atoms with Gasteiger partial charge >= 0.3 is 0 Å². The maximum Gasteiger partial charge on any atom is 0.136 e. The van der Waals surface area contributed by atoms with Crippen molar-refractivity contribution in [3.8, 4) is 0 Å². The smallest absolute Gasteiger partial charge is 0.136 e. The highest BCUT2D eigenvalue weighted by molar-refractivity contribution is 5.86. The van der Waals surface area contributed by atoms with E-state index in [4.69, 9.17) is 0 Å². The maximum atomic E-state index is 11.8. The highest BCUT2D eigenvalue weighted by Crippen LogP contribution is 2.30. The predicted octanol–water partition coefficient (Wildman–Crippen LogP) is 2.56. The third kappa shape index (κ3) is 1.85. The van der Waals surface area contributed by atoms with Crippen LogP contribution in [-0.4, -0.2) is 16.4 Å². The fourth-order valence-corrected chi connectivity index (χ4v) is 2.96. The highest BCUT2D eigenvalue weighted by atomic mass is 16.1. The number of Topliss-reactive ketones (excluding diaryl/α,β-unsaturated/α-hetero) is 1. The van der Waals surface area contributed by atoms with E-state index >= 15 is 0 Å². The molecule has 1 saturated heterocycles. The number of hydrogen-bond acceptors (Lipinski definition) is 2. The summed E-state index contributed by atoms with van der Waals surface area (Å²) in [5.41, 5.74) is 2.47. The summed E-state index contributed by atoms with van der Waals surface area (Å²) in [5.74, 6) is 0.360. The van der Waals surface area contributed by atoms with Crippen molar-refractivity contribution in [3.05, 3.63) is 36.0 Å². The van der Waals surface area contributed by atoms with Gasteiger partial charge in [-0.05, 0) is 18.6 Å². The second-order valence-electron chi connectivity index (χ2n) is 5.28. The number of nitrogens with one attached hydrogen (secondary N) is 1. The van der Waals surface area contributed by atoms with Gasteiger partial charge in [-0.3, -0.25) is 4.79 Å². The number of ketones is 1. The Labute approximate surface area is 107 Å². The summed E-state index contributed by atoms with van der Waals surface area (Å²) in [6, 6.07) is 8.79. The number of fused-ring (bicyclic) bond motifs is 1. The van der Waals surface area contributed by atoms with Crippen LogP contribution >= 0.6 is 0 Å². The number of para-hydroxylation sites is 1. The molecule has 94 valence electrons. The molecule has 1 aliphatic heterocycles. The Hall–Kier alpha value is -1.61. The molecular weight excluding hydrogens is 224 g/mol. The van der Waals surface area contributed by atoms with Gasteiger partial charge in [0.25, 0.3) is 0 Å². The fraction of sp³-hybridized carbons (Fsp3) is 0.400. The molecule has 0 radical (unpaired) electrons. The summed E-state index contributed by atoms with van der Waals surface area (Å²) >= 11 is 0. The zero-order valence-electron chi connectivity index (χ0n) is 10.8. The summed E-state index contributed by atoms with van der Waals surface area (Å²) in [5, 5.41) is 4.78. The van der Waals surface area contributed by atoms with Crippen molar-refractivity contribution < 1.29 is 4.79 Å². The average Bonchev–Trinajstić information content (AvgIpc) is 2.66. The monoisotopic (exact) mass is 242 g/mol. The number of carbonyl (C=O) groups is 1. The zero-order chi connectivity index (χ0) is 12.7. The van der Waals surface area contributed by atoms with Gasteiger partial charge < -0.3 is 9.88 Å². The van der Waals surface area contributed by atoms with E-state index in [2.05, 4.69) is 48.3 Å². The molecule has 0 saturated carbocycles. The SMILES string of the molecule is CC1CC(=O)CC(c2cn(C)c3ccccc23)N1. The lowest BCUT2D eigenvalue weighted by atomic mass is 9.93. The summed E-state index contributed by atoms with van der Waals surface area (Å²) in [6.07, 6.45) is 3.41. The average molecular weight is 242 g/mol. The number of nitrogens with zero attached hydrogens (tertiary/aromatic N) is 1. The van der Waals surface area contributed by atoms with Crippen molar-refractivity contribution in [2.45, 2.75) is 31.8 Å². The third-order valence-electron chi connectivity index (χ3n) is 3.75. The van der Waals surface area contributed by atoms with Crippen LogP contribution in [-0.2, 0) is 11.8 Å². The molecule has 2 atom stereocenters. The Kier molecular flexibility index (Phi) is 2.71. The van der Waals surface area contributed by atoms with Crippen LogP contribution in [0.4, 0.5) is 0 Å². The van der Waals surface area contributed by atoms with Crippen molar-refractivity contribution in [1.29, 1.82) is 0 Å². The number of hydrogen-bond donors (Lipinski definition) is 1. The van der Waals surface area contributed by atoms with Gasteiger partial charge in [-0.15, -0.1) is 0 Å². The molecule has 0 bridgehead atoms. The molecule has 0 aliphatic carbocycles.